The van der Waals surface area contributed by atoms with Crippen molar-refractivity contribution in [2.75, 3.05) is 21.2 Å². The number of benzene rings is 2. The molecule has 0 aromatic heterocycles. The average molecular weight is 551 g/mol. The van der Waals surface area contributed by atoms with Crippen molar-refractivity contribution >= 4 is 23.2 Å². The van der Waals surface area contributed by atoms with Crippen LogP contribution in [0.4, 0.5) is 0 Å². The zero-order valence-corrected chi connectivity index (χ0v) is 22.2. The fourth-order valence-corrected chi connectivity index (χ4v) is 6.62. The van der Waals surface area contributed by atoms with Crippen LogP contribution in [0.15, 0.2) is 53.3 Å². The molecule has 0 radical (unpaired) electrons. The summed E-state index contributed by atoms with van der Waals surface area (Å²) in [6.07, 6.45) is -1.64. The van der Waals surface area contributed by atoms with Crippen LogP contribution in [0, 0.1) is 11.8 Å². The molecule has 2 aromatic rings. The Labute approximate surface area is 229 Å². The van der Waals surface area contributed by atoms with Crippen molar-refractivity contribution in [1.82, 2.24) is 4.90 Å². The first-order valence-corrected chi connectivity index (χ1v) is 12.6. The van der Waals surface area contributed by atoms with Crippen molar-refractivity contribution in [1.29, 1.82) is 0 Å². The molecule has 6 atom stereocenters. The van der Waals surface area contributed by atoms with Gasteiger partial charge in [-0.05, 0) is 43.3 Å². The number of aromatic hydroxyl groups is 1. The Morgan fingerprint density at radius 3 is 2.23 bits per heavy atom. The monoisotopic (exact) mass is 550 g/mol. The molecule has 11 nitrogen and oxygen atoms in total. The number of amides is 1. The molecule has 1 fully saturated rings. The number of methoxy groups -OCH3 is 1. The number of hydrogen-bond acceptors (Lipinski definition) is 10. The largest absolute Gasteiger partial charge is 0.508 e. The molecule has 0 spiro atoms. The van der Waals surface area contributed by atoms with Gasteiger partial charge in [-0.3, -0.25) is 19.3 Å². The number of hydrogen-bond donors (Lipinski definition) is 6. The van der Waals surface area contributed by atoms with E-state index in [-0.39, 0.29) is 11.3 Å². The van der Waals surface area contributed by atoms with Crippen LogP contribution < -0.4 is 10.5 Å². The average Bonchev–Trinajstić information content (AvgIpc) is 2.90. The lowest BCUT2D eigenvalue weighted by atomic mass is 9.54. The Hall–Kier alpha value is -4.19. The summed E-state index contributed by atoms with van der Waals surface area (Å²) in [5.74, 6) is -8.59. The van der Waals surface area contributed by atoms with Gasteiger partial charge in [0.15, 0.2) is 11.4 Å². The molecule has 0 aliphatic heterocycles. The molecular weight excluding hydrogens is 520 g/mol. The van der Waals surface area contributed by atoms with E-state index < -0.39 is 75.6 Å². The summed E-state index contributed by atoms with van der Waals surface area (Å²) >= 11 is 0. The molecule has 5 rings (SSSR count). The Balaban J connectivity index is 1.76. The summed E-state index contributed by atoms with van der Waals surface area (Å²) in [6, 6.07) is 8.72. The van der Waals surface area contributed by atoms with E-state index >= 15 is 0 Å². The number of aliphatic hydroxyl groups is 4. The number of phenols is 1. The topological polar surface area (TPSA) is 191 Å². The summed E-state index contributed by atoms with van der Waals surface area (Å²) in [7, 11) is 4.44. The quantitative estimate of drug-likeness (QED) is 0.301. The Morgan fingerprint density at radius 1 is 1.05 bits per heavy atom. The number of fused-ring (bicyclic) bond motifs is 3. The molecule has 1 saturated carbocycles. The Bertz CT molecular complexity index is 1520. The second-order valence-electron chi connectivity index (χ2n) is 10.7. The molecule has 2 aromatic carbocycles. The Kier molecular flexibility index (Phi) is 6.29. The highest BCUT2D eigenvalue weighted by atomic mass is 16.5. The lowest BCUT2D eigenvalue weighted by Gasteiger charge is -2.53. The van der Waals surface area contributed by atoms with Gasteiger partial charge in [0.1, 0.15) is 28.6 Å². The van der Waals surface area contributed by atoms with Gasteiger partial charge in [0.05, 0.1) is 30.7 Å². The third-order valence-electron chi connectivity index (χ3n) is 8.53. The predicted octanol–water partition coefficient (Wildman–Crippen LogP) is 1.17. The molecule has 3 aliphatic rings. The van der Waals surface area contributed by atoms with E-state index in [0.29, 0.717) is 22.4 Å². The number of Topliss-reactive ketones (excluding diaryl/α,β-unsaturated/α-hetero) is 2. The summed E-state index contributed by atoms with van der Waals surface area (Å²) in [5.41, 5.74) is 2.30. The van der Waals surface area contributed by atoms with Crippen LogP contribution in [0.5, 0.6) is 11.5 Å². The van der Waals surface area contributed by atoms with Crippen molar-refractivity contribution < 1.29 is 44.7 Å². The van der Waals surface area contributed by atoms with Gasteiger partial charge in [0.2, 0.25) is 5.78 Å². The molecule has 11 heteroatoms. The van der Waals surface area contributed by atoms with Crippen LogP contribution in [0.2, 0.25) is 0 Å². The normalized spacial score (nSPS) is 29.7. The number of phenolic OH excluding ortho intramolecular Hbond substituents is 1. The molecule has 210 valence electrons. The third-order valence-corrected chi connectivity index (χ3v) is 8.53. The first-order chi connectivity index (χ1) is 18.8. The number of primary amides is 1. The number of nitrogens with zero attached hydrogens (tertiary/aromatic N) is 1. The molecule has 0 unspecified atom stereocenters. The van der Waals surface area contributed by atoms with Crippen molar-refractivity contribution in [3.05, 3.63) is 64.4 Å². The van der Waals surface area contributed by atoms with Gasteiger partial charge in [-0.1, -0.05) is 31.2 Å². The number of carbonyl (C=O) groups excluding carboxylic acids is 3. The first-order valence-electron chi connectivity index (χ1n) is 12.6. The van der Waals surface area contributed by atoms with Crippen LogP contribution in [-0.4, -0.2) is 86.9 Å². The summed E-state index contributed by atoms with van der Waals surface area (Å²) < 4.78 is 5.18. The van der Waals surface area contributed by atoms with Crippen molar-refractivity contribution in [3.8, 4) is 22.6 Å². The SMILES string of the molecule is COc1ccc(-c2ccc3c(c2O)C(O)=C2C(=O)[C@]4(O)C(O)=C(C(N)=O)C(=O)[C@@H](N(C)C)[C@@H]4[C@@H](O)[C@@H]2[C@H]3C)cc1. The summed E-state index contributed by atoms with van der Waals surface area (Å²) in [6.45, 7) is 1.68. The smallest absolute Gasteiger partial charge is 0.255 e. The molecule has 1 amide bonds. The zero-order chi connectivity index (χ0) is 29.4. The standard InChI is InChI=1S/C29H30N2O9/c1-11-14-9-10-15(12-5-7-13(40-4)8-6-12)22(32)17(14)23(33)18-16(11)24(34)20-21(31(2)3)25(35)19(28(30)38)27(37)29(20,39)26(18)36/h5-11,16,20-21,24,32-34,37,39H,1-4H3,(H2,30,38)/t11-,16+,20+,21-,24-,29-/m0/s1. The van der Waals surface area contributed by atoms with Gasteiger partial charge in [-0.15, -0.1) is 0 Å². The molecule has 3 aliphatic carbocycles. The van der Waals surface area contributed by atoms with Crippen molar-refractivity contribution in [3.63, 3.8) is 0 Å². The zero-order valence-electron chi connectivity index (χ0n) is 22.2. The van der Waals surface area contributed by atoms with E-state index in [0.717, 1.165) is 0 Å². The van der Waals surface area contributed by atoms with Gasteiger partial charge < -0.3 is 36.0 Å². The number of ketones is 2. The number of ether oxygens (including phenoxy) is 1. The first kappa shape index (κ1) is 27.4. The third kappa shape index (κ3) is 3.44. The molecule has 0 saturated heterocycles. The van der Waals surface area contributed by atoms with Crippen LogP contribution in [0.25, 0.3) is 16.9 Å². The van der Waals surface area contributed by atoms with Crippen LogP contribution in [-0.2, 0) is 14.4 Å². The molecule has 40 heavy (non-hydrogen) atoms. The highest BCUT2D eigenvalue weighted by Gasteiger charge is 2.68. The van der Waals surface area contributed by atoms with E-state index in [2.05, 4.69) is 0 Å². The fourth-order valence-electron chi connectivity index (χ4n) is 6.62. The fraction of sp³-hybridized carbons (Fsp3) is 0.345. The maximum atomic E-state index is 14.1. The minimum atomic E-state index is -2.95. The van der Waals surface area contributed by atoms with E-state index in [9.17, 15) is 39.9 Å². The molecular formula is C29H30N2O9. The lowest BCUT2D eigenvalue weighted by molar-refractivity contribution is -0.169. The van der Waals surface area contributed by atoms with Gasteiger partial charge in [0, 0.05) is 17.1 Å². The second kappa shape index (κ2) is 9.19. The van der Waals surface area contributed by atoms with Gasteiger partial charge in [-0.25, -0.2) is 0 Å². The molecule has 0 bridgehead atoms. The molecule has 7 N–H and O–H groups in total. The van der Waals surface area contributed by atoms with E-state index in [1.165, 1.54) is 26.1 Å². The second-order valence-corrected chi connectivity index (χ2v) is 10.7. The van der Waals surface area contributed by atoms with Crippen LogP contribution in [0.1, 0.15) is 24.0 Å². The van der Waals surface area contributed by atoms with Crippen molar-refractivity contribution in [2.24, 2.45) is 17.6 Å². The number of aliphatic hydroxyl groups excluding tert-OH is 3. The number of rotatable bonds is 4. The van der Waals surface area contributed by atoms with Crippen LogP contribution in [0.3, 0.4) is 0 Å². The maximum Gasteiger partial charge on any atom is 0.255 e. The maximum absolute atomic E-state index is 14.1. The van der Waals surface area contributed by atoms with Gasteiger partial charge >= 0.3 is 0 Å². The lowest BCUT2D eigenvalue weighted by Crippen LogP contribution is -2.70. The number of likely N-dealkylation sites (N-methyl/N-ethyl adjacent to an activating group) is 1. The minimum Gasteiger partial charge on any atom is -0.508 e. The van der Waals surface area contributed by atoms with E-state index in [1.54, 1.807) is 43.3 Å². The highest BCUT2D eigenvalue weighted by Crippen LogP contribution is 2.56. The predicted molar refractivity (Wildman–Crippen MR) is 142 cm³/mol. The van der Waals surface area contributed by atoms with Crippen LogP contribution >= 0.6 is 0 Å². The summed E-state index contributed by atoms with van der Waals surface area (Å²) in [5, 5.41) is 57.2. The van der Waals surface area contributed by atoms with Gasteiger partial charge in [0.25, 0.3) is 5.91 Å². The highest BCUT2D eigenvalue weighted by molar-refractivity contribution is 6.24. The number of carbonyl (C=O) groups is 3. The molecule has 0 heterocycles. The minimum absolute atomic E-state index is 0.0655. The summed E-state index contributed by atoms with van der Waals surface area (Å²) in [4.78, 5) is 40.8. The van der Waals surface area contributed by atoms with Gasteiger partial charge in [-0.2, -0.15) is 0 Å². The van der Waals surface area contributed by atoms with Crippen molar-refractivity contribution in [2.45, 2.75) is 30.6 Å². The number of nitrogens with two attached hydrogens (primary N) is 1. The Morgan fingerprint density at radius 2 is 1.68 bits per heavy atom. The van der Waals surface area contributed by atoms with E-state index in [1.807, 2.05) is 0 Å². The van der Waals surface area contributed by atoms with E-state index in [4.69, 9.17) is 10.5 Å².